The standard InChI is InChI=1S/C29H23N3O3/c33-27(21-7-2-1-3-8-21)30-24-14-10-22(11-15-24)28(34)31-25-16-12-23(13-17-25)29(35)32-19-18-20-6-4-5-9-26(20)32/h1-17H,18-19H2,(H,30,33)(H,31,34). The zero-order valence-electron chi connectivity index (χ0n) is 18.9. The molecule has 0 unspecified atom stereocenters. The minimum atomic E-state index is -0.279. The van der Waals surface area contributed by atoms with E-state index in [0.29, 0.717) is 34.6 Å². The van der Waals surface area contributed by atoms with Gasteiger partial charge in [-0.2, -0.15) is 0 Å². The number of para-hydroxylation sites is 1. The monoisotopic (exact) mass is 461 g/mol. The van der Waals surface area contributed by atoms with Crippen molar-refractivity contribution in [1.29, 1.82) is 0 Å². The molecule has 0 fully saturated rings. The molecule has 0 aliphatic carbocycles. The van der Waals surface area contributed by atoms with Crippen LogP contribution in [0, 0.1) is 0 Å². The van der Waals surface area contributed by atoms with Gasteiger partial charge < -0.3 is 15.5 Å². The molecule has 5 rings (SSSR count). The number of hydrogen-bond donors (Lipinski definition) is 2. The van der Waals surface area contributed by atoms with Gasteiger partial charge in [0.1, 0.15) is 0 Å². The molecule has 1 heterocycles. The first kappa shape index (κ1) is 22.1. The lowest BCUT2D eigenvalue weighted by atomic mass is 10.1. The molecule has 6 heteroatoms. The van der Waals surface area contributed by atoms with Crippen molar-refractivity contribution >= 4 is 34.8 Å². The molecular formula is C29H23N3O3. The zero-order valence-corrected chi connectivity index (χ0v) is 18.9. The van der Waals surface area contributed by atoms with Crippen molar-refractivity contribution < 1.29 is 14.4 Å². The van der Waals surface area contributed by atoms with Gasteiger partial charge in [-0.15, -0.1) is 0 Å². The molecule has 3 amide bonds. The van der Waals surface area contributed by atoms with Gasteiger partial charge in [0.15, 0.2) is 0 Å². The number of fused-ring (bicyclic) bond motifs is 1. The molecule has 0 spiro atoms. The molecule has 2 N–H and O–H groups in total. The number of benzene rings is 4. The van der Waals surface area contributed by atoms with Crippen LogP contribution in [0.5, 0.6) is 0 Å². The quantitative estimate of drug-likeness (QED) is 0.418. The molecule has 35 heavy (non-hydrogen) atoms. The van der Waals surface area contributed by atoms with Crippen molar-refractivity contribution in [3.8, 4) is 0 Å². The number of carbonyl (C=O) groups excluding carboxylic acids is 3. The second-order valence-corrected chi connectivity index (χ2v) is 8.26. The van der Waals surface area contributed by atoms with E-state index in [1.165, 1.54) is 5.56 Å². The molecule has 0 aromatic heterocycles. The average Bonchev–Trinajstić information content (AvgIpc) is 3.34. The van der Waals surface area contributed by atoms with E-state index < -0.39 is 0 Å². The summed E-state index contributed by atoms with van der Waals surface area (Å²) in [7, 11) is 0. The van der Waals surface area contributed by atoms with Gasteiger partial charge in [0.2, 0.25) is 0 Å². The van der Waals surface area contributed by atoms with Crippen LogP contribution < -0.4 is 15.5 Å². The Labute approximate surface area is 203 Å². The summed E-state index contributed by atoms with van der Waals surface area (Å²) in [5, 5.41) is 5.66. The Morgan fingerprint density at radius 2 is 1.09 bits per heavy atom. The van der Waals surface area contributed by atoms with Crippen molar-refractivity contribution in [3.63, 3.8) is 0 Å². The van der Waals surface area contributed by atoms with Gasteiger partial charge in [-0.1, -0.05) is 36.4 Å². The van der Waals surface area contributed by atoms with Crippen LogP contribution in [-0.2, 0) is 6.42 Å². The summed E-state index contributed by atoms with van der Waals surface area (Å²) in [5.74, 6) is -0.547. The molecule has 0 atom stereocenters. The Bertz CT molecular complexity index is 1380. The Hall–Kier alpha value is -4.71. The first-order valence-corrected chi connectivity index (χ1v) is 11.4. The molecule has 4 aromatic carbocycles. The molecule has 0 saturated heterocycles. The highest BCUT2D eigenvalue weighted by Gasteiger charge is 2.25. The van der Waals surface area contributed by atoms with Crippen LogP contribution in [0.2, 0.25) is 0 Å². The van der Waals surface area contributed by atoms with E-state index in [4.69, 9.17) is 0 Å². The third kappa shape index (κ3) is 4.82. The van der Waals surface area contributed by atoms with Crippen LogP contribution in [0.3, 0.4) is 0 Å². The van der Waals surface area contributed by atoms with Gasteiger partial charge in [0.05, 0.1) is 0 Å². The van der Waals surface area contributed by atoms with Crippen LogP contribution in [0.25, 0.3) is 0 Å². The van der Waals surface area contributed by atoms with Crippen LogP contribution in [0.1, 0.15) is 36.6 Å². The van der Waals surface area contributed by atoms with Crippen LogP contribution >= 0.6 is 0 Å². The molecule has 0 bridgehead atoms. The van der Waals surface area contributed by atoms with Gasteiger partial charge >= 0.3 is 0 Å². The predicted octanol–water partition coefficient (Wildman–Crippen LogP) is 5.39. The van der Waals surface area contributed by atoms with Crippen molar-refractivity contribution in [2.24, 2.45) is 0 Å². The highest BCUT2D eigenvalue weighted by atomic mass is 16.2. The van der Waals surface area contributed by atoms with E-state index in [9.17, 15) is 14.4 Å². The highest BCUT2D eigenvalue weighted by molar-refractivity contribution is 6.08. The molecule has 4 aromatic rings. The minimum Gasteiger partial charge on any atom is -0.322 e. The molecule has 0 saturated carbocycles. The maximum atomic E-state index is 13.0. The van der Waals surface area contributed by atoms with E-state index in [1.807, 2.05) is 30.3 Å². The fourth-order valence-corrected chi connectivity index (χ4v) is 4.10. The van der Waals surface area contributed by atoms with E-state index >= 15 is 0 Å². The summed E-state index contributed by atoms with van der Waals surface area (Å²) < 4.78 is 0. The number of carbonyl (C=O) groups is 3. The van der Waals surface area contributed by atoms with Crippen LogP contribution in [0.15, 0.2) is 103 Å². The second kappa shape index (κ2) is 9.65. The Morgan fingerprint density at radius 3 is 1.71 bits per heavy atom. The Balaban J connectivity index is 1.20. The van der Waals surface area contributed by atoms with Crippen LogP contribution in [0.4, 0.5) is 17.1 Å². The number of hydrogen-bond acceptors (Lipinski definition) is 3. The SMILES string of the molecule is O=C(Nc1ccc(C(=O)Nc2ccc(C(=O)N3CCc4ccccc43)cc2)cc1)c1ccccc1. The number of nitrogens with zero attached hydrogens (tertiary/aromatic N) is 1. The van der Waals surface area contributed by atoms with Crippen molar-refractivity contribution in [2.45, 2.75) is 6.42 Å². The van der Waals surface area contributed by atoms with Crippen molar-refractivity contribution in [2.75, 3.05) is 22.1 Å². The largest absolute Gasteiger partial charge is 0.322 e. The lowest BCUT2D eigenvalue weighted by Gasteiger charge is -2.17. The van der Waals surface area contributed by atoms with E-state index in [-0.39, 0.29) is 17.7 Å². The van der Waals surface area contributed by atoms with E-state index in [2.05, 4.69) is 10.6 Å². The third-order valence-electron chi connectivity index (χ3n) is 5.96. The molecule has 6 nitrogen and oxygen atoms in total. The normalized spacial score (nSPS) is 12.1. The number of anilines is 3. The van der Waals surface area contributed by atoms with Gasteiger partial charge in [0.25, 0.3) is 17.7 Å². The Kier molecular flexibility index (Phi) is 6.09. The van der Waals surface area contributed by atoms with Gasteiger partial charge in [-0.3, -0.25) is 14.4 Å². The third-order valence-corrected chi connectivity index (χ3v) is 5.96. The topological polar surface area (TPSA) is 78.5 Å². The molecule has 1 aliphatic rings. The van der Waals surface area contributed by atoms with E-state index in [1.54, 1.807) is 77.7 Å². The predicted molar refractivity (Wildman–Crippen MR) is 137 cm³/mol. The molecule has 1 aliphatic heterocycles. The van der Waals surface area contributed by atoms with Crippen molar-refractivity contribution in [3.05, 3.63) is 125 Å². The zero-order chi connectivity index (χ0) is 24.2. The summed E-state index contributed by atoms with van der Waals surface area (Å²) >= 11 is 0. The molecule has 0 radical (unpaired) electrons. The second-order valence-electron chi connectivity index (χ2n) is 8.26. The fraction of sp³-hybridized carbons (Fsp3) is 0.0690. The minimum absolute atomic E-state index is 0.0547. The van der Waals surface area contributed by atoms with Gasteiger partial charge in [-0.25, -0.2) is 0 Å². The van der Waals surface area contributed by atoms with Crippen LogP contribution in [-0.4, -0.2) is 24.3 Å². The fourth-order valence-electron chi connectivity index (χ4n) is 4.10. The number of amides is 3. The van der Waals surface area contributed by atoms with Gasteiger partial charge in [-0.05, 0) is 78.7 Å². The maximum Gasteiger partial charge on any atom is 0.258 e. The smallest absolute Gasteiger partial charge is 0.258 e. The lowest BCUT2D eigenvalue weighted by Crippen LogP contribution is -2.28. The van der Waals surface area contributed by atoms with E-state index in [0.717, 1.165) is 12.1 Å². The summed E-state index contributed by atoms with van der Waals surface area (Å²) in [4.78, 5) is 39.7. The average molecular weight is 462 g/mol. The number of nitrogens with one attached hydrogen (secondary N) is 2. The first-order valence-electron chi connectivity index (χ1n) is 11.4. The van der Waals surface area contributed by atoms with Crippen molar-refractivity contribution in [1.82, 2.24) is 0 Å². The molecule has 172 valence electrons. The summed E-state index contributed by atoms with van der Waals surface area (Å²) in [6.07, 6.45) is 0.852. The highest BCUT2D eigenvalue weighted by Crippen LogP contribution is 2.29. The Morgan fingerprint density at radius 1 is 0.571 bits per heavy atom. The maximum absolute atomic E-state index is 13.0. The summed E-state index contributed by atoms with van der Waals surface area (Å²) in [6, 6.07) is 30.4. The summed E-state index contributed by atoms with van der Waals surface area (Å²) in [5.41, 5.74) is 4.91. The number of rotatable bonds is 5. The summed E-state index contributed by atoms with van der Waals surface area (Å²) in [6.45, 7) is 0.665. The lowest BCUT2D eigenvalue weighted by molar-refractivity contribution is 0.0987. The molecular weight excluding hydrogens is 438 g/mol. The first-order chi connectivity index (χ1) is 17.1. The van der Waals surface area contributed by atoms with Gasteiger partial charge in [0, 0.05) is 40.3 Å².